The van der Waals surface area contributed by atoms with Crippen LogP contribution >= 0.6 is 11.6 Å². The van der Waals surface area contributed by atoms with Crippen LogP contribution in [0, 0.1) is 18.6 Å². The molecule has 1 atom stereocenters. The van der Waals surface area contributed by atoms with Gasteiger partial charge in [0.1, 0.15) is 40.5 Å². The van der Waals surface area contributed by atoms with Crippen LogP contribution in [0.15, 0.2) is 42.5 Å². The number of carbonyl (C=O) groups is 3. The maximum atomic E-state index is 14.5. The van der Waals surface area contributed by atoms with E-state index in [1.807, 2.05) is 19.0 Å². The highest BCUT2D eigenvalue weighted by Crippen LogP contribution is 2.35. The molecule has 4 rings (SSSR count). The predicted octanol–water partition coefficient (Wildman–Crippen LogP) is 5.58. The van der Waals surface area contributed by atoms with Crippen LogP contribution in [-0.2, 0) is 9.53 Å². The molecule has 3 aromatic rings. The van der Waals surface area contributed by atoms with Crippen molar-refractivity contribution in [1.82, 2.24) is 20.2 Å². The molecule has 0 aliphatic carbocycles. The molecular formula is C29H31ClF2N6O4. The molecule has 2 bridgehead atoms. The summed E-state index contributed by atoms with van der Waals surface area (Å²) in [5.74, 6) is -2.95. The maximum absolute atomic E-state index is 14.5. The van der Waals surface area contributed by atoms with E-state index in [-0.39, 0.29) is 42.0 Å². The second kappa shape index (κ2) is 13.6. The zero-order valence-corrected chi connectivity index (χ0v) is 24.1. The lowest BCUT2D eigenvalue weighted by molar-refractivity contribution is -0.116. The molecule has 1 aromatic heterocycles. The average molecular weight is 601 g/mol. The van der Waals surface area contributed by atoms with Gasteiger partial charge < -0.3 is 25.3 Å². The minimum atomic E-state index is -0.979. The van der Waals surface area contributed by atoms with Crippen LogP contribution in [0.25, 0.3) is 11.3 Å². The van der Waals surface area contributed by atoms with Gasteiger partial charge in [0.2, 0.25) is 5.91 Å². The first-order valence-corrected chi connectivity index (χ1v) is 13.6. The van der Waals surface area contributed by atoms with E-state index in [9.17, 15) is 23.2 Å². The van der Waals surface area contributed by atoms with Gasteiger partial charge in [-0.2, -0.15) is 0 Å². The fraction of sp³-hybridized carbons (Fsp3) is 0.310. The highest BCUT2D eigenvalue weighted by atomic mass is 35.5. The number of allylic oxidation sites excluding steroid dienone is 1. The molecule has 0 saturated heterocycles. The van der Waals surface area contributed by atoms with E-state index in [0.717, 1.165) is 12.1 Å². The van der Waals surface area contributed by atoms with Gasteiger partial charge in [0.05, 0.1) is 11.7 Å². The van der Waals surface area contributed by atoms with Gasteiger partial charge in [-0.25, -0.2) is 18.6 Å². The van der Waals surface area contributed by atoms with Gasteiger partial charge in [-0.3, -0.25) is 14.9 Å². The van der Waals surface area contributed by atoms with Crippen molar-refractivity contribution in [2.75, 3.05) is 37.9 Å². The van der Waals surface area contributed by atoms with E-state index in [4.69, 9.17) is 16.3 Å². The van der Waals surface area contributed by atoms with Crippen molar-refractivity contribution < 1.29 is 27.9 Å². The second-order valence-corrected chi connectivity index (χ2v) is 10.4. The molecular weight excluding hydrogens is 570 g/mol. The monoisotopic (exact) mass is 600 g/mol. The molecule has 0 radical (unpaired) electrons. The molecule has 0 spiro atoms. The number of rotatable bonds is 6. The van der Waals surface area contributed by atoms with E-state index in [1.165, 1.54) is 6.92 Å². The summed E-state index contributed by atoms with van der Waals surface area (Å²) in [6.07, 6.45) is 3.59. The Hall–Kier alpha value is -4.29. The Balaban J connectivity index is 1.65. The van der Waals surface area contributed by atoms with Crippen molar-refractivity contribution >= 4 is 40.9 Å². The van der Waals surface area contributed by atoms with Gasteiger partial charge in [-0.05, 0) is 69.8 Å². The van der Waals surface area contributed by atoms with E-state index < -0.39 is 35.2 Å². The number of benzene rings is 2. The number of imidazole rings is 1. The zero-order valence-electron chi connectivity index (χ0n) is 23.3. The van der Waals surface area contributed by atoms with Crippen LogP contribution in [0.4, 0.5) is 25.0 Å². The third kappa shape index (κ3) is 7.71. The van der Waals surface area contributed by atoms with E-state index >= 15 is 0 Å². The number of halogens is 3. The van der Waals surface area contributed by atoms with Crippen molar-refractivity contribution in [2.45, 2.75) is 32.2 Å². The summed E-state index contributed by atoms with van der Waals surface area (Å²) in [4.78, 5) is 47.3. The van der Waals surface area contributed by atoms with Gasteiger partial charge in [-0.1, -0.05) is 23.8 Å². The Morgan fingerprint density at radius 3 is 2.62 bits per heavy atom. The first kappa shape index (κ1) is 30.7. The van der Waals surface area contributed by atoms with Gasteiger partial charge in [0, 0.05) is 24.2 Å². The fourth-order valence-corrected chi connectivity index (χ4v) is 4.52. The third-order valence-corrected chi connectivity index (χ3v) is 6.64. The van der Waals surface area contributed by atoms with E-state index in [2.05, 4.69) is 25.9 Å². The number of likely N-dealkylation sites (N-methyl/N-ethyl adjacent to an activating group) is 1. The Morgan fingerprint density at radius 2 is 1.90 bits per heavy atom. The molecule has 0 fully saturated rings. The van der Waals surface area contributed by atoms with Gasteiger partial charge in [-0.15, -0.1) is 0 Å². The second-order valence-electron chi connectivity index (χ2n) is 10.0. The molecule has 0 unspecified atom stereocenters. The summed E-state index contributed by atoms with van der Waals surface area (Å²) in [6, 6.07) is 6.12. The lowest BCUT2D eigenvalue weighted by Crippen LogP contribution is -2.30. The Morgan fingerprint density at radius 1 is 1.17 bits per heavy atom. The largest absolute Gasteiger partial charge is 0.448 e. The smallest absolute Gasteiger partial charge is 0.411 e. The number of aromatic amines is 1. The van der Waals surface area contributed by atoms with Crippen LogP contribution < -0.4 is 16.0 Å². The molecule has 10 nitrogen and oxygen atoms in total. The minimum Gasteiger partial charge on any atom is -0.448 e. The summed E-state index contributed by atoms with van der Waals surface area (Å²) in [5, 5.41) is 8.23. The normalized spacial score (nSPS) is 15.9. The molecule has 13 heteroatoms. The number of anilines is 2. The van der Waals surface area contributed by atoms with Crippen LogP contribution in [0.2, 0.25) is 5.15 Å². The molecule has 2 heterocycles. The number of nitrogens with zero attached hydrogens (tertiary/aromatic N) is 2. The molecule has 3 amide bonds. The van der Waals surface area contributed by atoms with Gasteiger partial charge in [0.25, 0.3) is 5.91 Å². The number of hydrogen-bond donors (Lipinski definition) is 4. The number of aromatic nitrogens is 2. The number of aryl methyl sites for hydroxylation is 1. The number of carbonyl (C=O) groups excluding carboxylic acids is 3. The molecule has 1 aliphatic heterocycles. The topological polar surface area (TPSA) is 128 Å². The van der Waals surface area contributed by atoms with E-state index in [0.29, 0.717) is 35.5 Å². The average Bonchev–Trinajstić information content (AvgIpc) is 3.28. The first-order valence-electron chi connectivity index (χ1n) is 13.2. The van der Waals surface area contributed by atoms with Crippen molar-refractivity contribution in [3.63, 3.8) is 0 Å². The highest BCUT2D eigenvalue weighted by molar-refractivity contribution is 6.32. The third-order valence-electron chi connectivity index (χ3n) is 6.37. The van der Waals surface area contributed by atoms with Crippen molar-refractivity contribution in [3.05, 3.63) is 76.2 Å². The SMILES string of the molecule is Cc1cc(F)c(C(=O)N[C@H]2C/C=C\CCC(=O)Nc3cc(NC(=O)OCCN(C)C)ccc3-c3nc2[nH]c3Cl)c(F)c1. The molecule has 42 heavy (non-hydrogen) atoms. The van der Waals surface area contributed by atoms with Crippen molar-refractivity contribution in [1.29, 1.82) is 0 Å². The summed E-state index contributed by atoms with van der Waals surface area (Å²) >= 11 is 6.53. The van der Waals surface area contributed by atoms with Crippen LogP contribution in [0.3, 0.4) is 0 Å². The summed E-state index contributed by atoms with van der Waals surface area (Å²) < 4.78 is 34.2. The van der Waals surface area contributed by atoms with Crippen LogP contribution in [0.1, 0.15) is 47.1 Å². The van der Waals surface area contributed by atoms with Crippen LogP contribution in [0.5, 0.6) is 0 Å². The summed E-state index contributed by atoms with van der Waals surface area (Å²) in [7, 11) is 3.72. The lowest BCUT2D eigenvalue weighted by Gasteiger charge is -2.16. The lowest BCUT2D eigenvalue weighted by atomic mass is 10.1. The molecule has 2 aromatic carbocycles. The van der Waals surface area contributed by atoms with E-state index in [1.54, 1.807) is 30.4 Å². The molecule has 4 N–H and O–H groups in total. The predicted molar refractivity (Wildman–Crippen MR) is 155 cm³/mol. The van der Waals surface area contributed by atoms with Gasteiger partial charge in [0.15, 0.2) is 0 Å². The standard InChI is InChI=1S/C29H31ClF2N6O4/c1-16-13-19(31)24(20(32)14-16)28(40)35-21-7-5-4-6-8-23(39)34-22-15-17(33-29(41)42-12-11-38(2)3)9-10-18(22)25-26(30)37-27(21)36-25/h4-5,9-10,13-15,21H,6-8,11-12H2,1-3H3,(H,33,41)(H,34,39)(H,35,40)(H,36,37)/b5-4-/t21-/m0/s1. The molecule has 1 aliphatic rings. The van der Waals surface area contributed by atoms with Gasteiger partial charge >= 0.3 is 6.09 Å². The number of hydrogen-bond acceptors (Lipinski definition) is 6. The Kier molecular flexibility index (Phi) is 9.92. The fourth-order valence-electron chi connectivity index (χ4n) is 4.28. The molecule has 0 saturated carbocycles. The number of nitrogens with one attached hydrogen (secondary N) is 4. The van der Waals surface area contributed by atoms with Crippen molar-refractivity contribution in [2.24, 2.45) is 0 Å². The molecule has 222 valence electrons. The zero-order chi connectivity index (χ0) is 30.4. The quantitative estimate of drug-likeness (QED) is 0.274. The highest BCUT2D eigenvalue weighted by Gasteiger charge is 2.25. The minimum absolute atomic E-state index is 0.109. The number of H-pyrrole nitrogens is 1. The number of ether oxygens (including phenoxy) is 1. The number of fused-ring (bicyclic) bond motifs is 4. The maximum Gasteiger partial charge on any atom is 0.411 e. The first-order chi connectivity index (χ1) is 20.0. The van der Waals surface area contributed by atoms with Crippen LogP contribution in [-0.4, -0.2) is 60.0 Å². The van der Waals surface area contributed by atoms with Crippen molar-refractivity contribution in [3.8, 4) is 11.3 Å². The summed E-state index contributed by atoms with van der Waals surface area (Å²) in [5.41, 5.74) is 1.04. The Bertz CT molecular complexity index is 1500. The number of amides is 3. The Labute approximate surface area is 246 Å². The summed E-state index contributed by atoms with van der Waals surface area (Å²) in [6.45, 7) is 2.27.